The van der Waals surface area contributed by atoms with Crippen molar-refractivity contribution in [1.29, 1.82) is 0 Å². The summed E-state index contributed by atoms with van der Waals surface area (Å²) in [6.45, 7) is 1.10. The van der Waals surface area contributed by atoms with E-state index in [2.05, 4.69) is 5.32 Å². The van der Waals surface area contributed by atoms with Crippen LogP contribution in [0.4, 0.5) is 4.79 Å². The molecule has 0 aromatic heterocycles. The fraction of sp³-hybridized carbons (Fsp3) is 0.800. The molecule has 0 bridgehead atoms. The smallest absolute Gasteiger partial charge is 0.328 e. The molecule has 2 aliphatic rings. The summed E-state index contributed by atoms with van der Waals surface area (Å²) in [6, 6.07) is -0.763. The number of nitrogens with zero attached hydrogens (tertiary/aromatic N) is 1. The van der Waals surface area contributed by atoms with E-state index >= 15 is 0 Å². The van der Waals surface area contributed by atoms with Crippen LogP contribution in [-0.2, 0) is 9.53 Å². The second kappa shape index (κ2) is 4.81. The van der Waals surface area contributed by atoms with Gasteiger partial charge in [0.2, 0.25) is 5.91 Å². The molecular formula is C10H16N2O6. The van der Waals surface area contributed by atoms with Gasteiger partial charge in [-0.3, -0.25) is 15.0 Å². The van der Waals surface area contributed by atoms with Crippen molar-refractivity contribution < 1.29 is 29.6 Å². The first-order valence-electron chi connectivity index (χ1n) is 5.71. The van der Waals surface area contributed by atoms with Crippen molar-refractivity contribution in [3.63, 3.8) is 0 Å². The van der Waals surface area contributed by atoms with Crippen molar-refractivity contribution >= 4 is 11.9 Å². The number of hydrogen-bond acceptors (Lipinski definition) is 6. The Kier molecular flexibility index (Phi) is 3.53. The number of hydrogen-bond donors (Lipinski definition) is 4. The van der Waals surface area contributed by atoms with E-state index in [-0.39, 0.29) is 13.0 Å². The van der Waals surface area contributed by atoms with E-state index in [9.17, 15) is 19.8 Å². The van der Waals surface area contributed by atoms with Crippen LogP contribution in [0.1, 0.15) is 13.3 Å². The highest BCUT2D eigenvalue weighted by Gasteiger charge is 2.46. The van der Waals surface area contributed by atoms with Gasteiger partial charge in [-0.25, -0.2) is 4.79 Å². The van der Waals surface area contributed by atoms with Crippen molar-refractivity contribution in [3.05, 3.63) is 0 Å². The van der Waals surface area contributed by atoms with Crippen molar-refractivity contribution in [3.8, 4) is 0 Å². The van der Waals surface area contributed by atoms with Gasteiger partial charge < -0.3 is 20.1 Å². The van der Waals surface area contributed by atoms with Crippen LogP contribution in [0, 0.1) is 5.92 Å². The van der Waals surface area contributed by atoms with Gasteiger partial charge in [0.15, 0.2) is 0 Å². The Bertz CT molecular complexity index is 362. The first kappa shape index (κ1) is 13.2. The average Bonchev–Trinajstić information content (AvgIpc) is 2.67. The van der Waals surface area contributed by atoms with Gasteiger partial charge in [0.25, 0.3) is 0 Å². The topological polar surface area (TPSA) is 119 Å². The van der Waals surface area contributed by atoms with Gasteiger partial charge in [0, 0.05) is 6.42 Å². The number of carbonyl (C=O) groups excluding carboxylic acids is 2. The van der Waals surface area contributed by atoms with Crippen molar-refractivity contribution in [2.24, 2.45) is 5.92 Å². The Hall–Kier alpha value is -1.22. The number of amides is 3. The van der Waals surface area contributed by atoms with Gasteiger partial charge in [-0.1, -0.05) is 0 Å². The summed E-state index contributed by atoms with van der Waals surface area (Å²) in [4.78, 5) is 23.9. The number of aliphatic hydroxyl groups is 3. The van der Waals surface area contributed by atoms with Gasteiger partial charge in [-0.05, 0) is 6.92 Å². The minimum atomic E-state index is -1.30. The molecule has 2 aliphatic heterocycles. The molecule has 0 aromatic rings. The average molecular weight is 260 g/mol. The van der Waals surface area contributed by atoms with E-state index in [0.717, 1.165) is 4.90 Å². The minimum absolute atomic E-state index is 0.0800. The Morgan fingerprint density at radius 2 is 2.11 bits per heavy atom. The molecule has 0 aromatic carbocycles. The number of rotatable bonds is 2. The molecule has 0 radical (unpaired) electrons. The van der Waals surface area contributed by atoms with Crippen LogP contribution in [0.2, 0.25) is 0 Å². The molecule has 5 atom stereocenters. The third kappa shape index (κ3) is 2.07. The summed E-state index contributed by atoms with van der Waals surface area (Å²) >= 11 is 0. The maximum atomic E-state index is 11.7. The lowest BCUT2D eigenvalue weighted by Crippen LogP contribution is -2.62. The number of ether oxygens (including phenoxy) is 1. The summed E-state index contributed by atoms with van der Waals surface area (Å²) in [5.74, 6) is -1.34. The van der Waals surface area contributed by atoms with E-state index in [1.54, 1.807) is 0 Å². The second-order valence-corrected chi connectivity index (χ2v) is 4.52. The summed E-state index contributed by atoms with van der Waals surface area (Å²) in [6.07, 6.45) is -3.78. The van der Waals surface area contributed by atoms with Crippen LogP contribution < -0.4 is 5.32 Å². The third-order valence-electron chi connectivity index (χ3n) is 3.30. The largest absolute Gasteiger partial charge is 0.394 e. The van der Waals surface area contributed by atoms with Crippen LogP contribution in [0.25, 0.3) is 0 Å². The third-order valence-corrected chi connectivity index (χ3v) is 3.30. The first-order valence-corrected chi connectivity index (χ1v) is 5.71. The molecule has 8 nitrogen and oxygen atoms in total. The van der Waals surface area contributed by atoms with Gasteiger partial charge in [-0.2, -0.15) is 0 Å². The van der Waals surface area contributed by atoms with Crippen LogP contribution in [0.5, 0.6) is 0 Å². The monoisotopic (exact) mass is 260 g/mol. The molecular weight excluding hydrogens is 244 g/mol. The zero-order valence-corrected chi connectivity index (χ0v) is 9.81. The number of aliphatic hydroxyl groups excluding tert-OH is 3. The fourth-order valence-corrected chi connectivity index (χ4v) is 2.13. The summed E-state index contributed by atoms with van der Waals surface area (Å²) in [5, 5.41) is 30.5. The number of nitrogens with one attached hydrogen (secondary N) is 1. The van der Waals surface area contributed by atoms with Gasteiger partial charge in [0.1, 0.15) is 18.6 Å². The van der Waals surface area contributed by atoms with E-state index in [4.69, 9.17) is 9.84 Å². The first-order chi connectivity index (χ1) is 8.45. The molecule has 18 heavy (non-hydrogen) atoms. The van der Waals surface area contributed by atoms with Crippen LogP contribution in [0.15, 0.2) is 0 Å². The Morgan fingerprint density at radius 1 is 1.44 bits per heavy atom. The zero-order chi connectivity index (χ0) is 13.4. The van der Waals surface area contributed by atoms with Crippen molar-refractivity contribution in [2.45, 2.75) is 38.0 Å². The minimum Gasteiger partial charge on any atom is -0.394 e. The Labute approximate surface area is 103 Å². The second-order valence-electron chi connectivity index (χ2n) is 4.52. The quantitative estimate of drug-likeness (QED) is 0.454. The van der Waals surface area contributed by atoms with Gasteiger partial charge in [-0.15, -0.1) is 0 Å². The molecule has 0 saturated carbocycles. The Morgan fingerprint density at radius 3 is 2.67 bits per heavy atom. The van der Waals surface area contributed by atoms with E-state index in [0.29, 0.717) is 0 Å². The molecule has 2 fully saturated rings. The van der Waals surface area contributed by atoms with Crippen LogP contribution >= 0.6 is 0 Å². The molecule has 2 rings (SSSR count). The number of carbonyl (C=O) groups is 2. The molecule has 2 saturated heterocycles. The van der Waals surface area contributed by atoms with E-state index in [1.165, 1.54) is 6.92 Å². The van der Waals surface area contributed by atoms with Gasteiger partial charge >= 0.3 is 6.03 Å². The maximum absolute atomic E-state index is 11.7. The van der Waals surface area contributed by atoms with Crippen LogP contribution in [-0.4, -0.2) is 63.4 Å². The lowest BCUT2D eigenvalue weighted by Gasteiger charge is -2.38. The molecule has 0 spiro atoms. The number of imide groups is 1. The molecule has 102 valence electrons. The fourth-order valence-electron chi connectivity index (χ4n) is 2.13. The molecule has 2 heterocycles. The molecule has 3 amide bonds. The van der Waals surface area contributed by atoms with Crippen LogP contribution in [0.3, 0.4) is 0 Å². The predicted molar refractivity (Wildman–Crippen MR) is 56.9 cm³/mol. The van der Waals surface area contributed by atoms with E-state index in [1.807, 2.05) is 0 Å². The number of urea groups is 1. The molecule has 4 N–H and O–H groups in total. The summed E-state index contributed by atoms with van der Waals surface area (Å²) in [7, 11) is 0. The van der Waals surface area contributed by atoms with E-state index < -0.39 is 42.5 Å². The van der Waals surface area contributed by atoms with Crippen molar-refractivity contribution in [1.82, 2.24) is 10.2 Å². The maximum Gasteiger partial charge on any atom is 0.328 e. The highest BCUT2D eigenvalue weighted by molar-refractivity contribution is 5.98. The lowest BCUT2D eigenvalue weighted by molar-refractivity contribution is -0.153. The Balaban J connectivity index is 2.13. The summed E-state index contributed by atoms with van der Waals surface area (Å²) in [5.41, 5.74) is 0. The molecule has 0 unspecified atom stereocenters. The van der Waals surface area contributed by atoms with Crippen molar-refractivity contribution in [2.75, 3.05) is 6.61 Å². The normalized spacial score (nSPS) is 41.1. The summed E-state index contributed by atoms with van der Waals surface area (Å²) < 4.78 is 5.28. The lowest BCUT2D eigenvalue weighted by atomic mass is 10.1. The molecule has 0 aliphatic carbocycles. The SMILES string of the molecule is C[C@@H]1C(=O)NC(=O)N([C@H]2C[C@H](O)[C@@H](CO)O2)[C@H]1O. The molecule has 8 heteroatoms. The highest BCUT2D eigenvalue weighted by atomic mass is 16.5. The zero-order valence-electron chi connectivity index (χ0n) is 9.81. The predicted octanol–water partition coefficient (Wildman–Crippen LogP) is -2.04. The standard InChI is InChI=1S/C10H16N2O6/c1-4-8(15)11-10(17)12(9(4)16)7-2-5(14)6(3-13)18-7/h4-7,9,13-14,16H,2-3H2,1H3,(H,11,15,17)/t4-,5+,6-,7-,9+/m1/s1. The highest BCUT2D eigenvalue weighted by Crippen LogP contribution is 2.27. The van der Waals surface area contributed by atoms with Gasteiger partial charge in [0.05, 0.1) is 18.6 Å².